The van der Waals surface area contributed by atoms with Gasteiger partial charge in [0.05, 0.1) is 23.4 Å². The highest BCUT2D eigenvalue weighted by Gasteiger charge is 2.39. The SMILES string of the molecule is Cc1nn(Cc2ccc(F)cc2)c(Cl)c1C(=O)ON1C(=O)c2ccccc2C1=O. The molecule has 0 saturated heterocycles. The van der Waals surface area contributed by atoms with Gasteiger partial charge in [0.25, 0.3) is 11.8 Å². The summed E-state index contributed by atoms with van der Waals surface area (Å²) in [5.41, 5.74) is 1.22. The van der Waals surface area contributed by atoms with Gasteiger partial charge in [0.1, 0.15) is 16.5 Å². The number of hydroxylamine groups is 2. The number of fused-ring (bicyclic) bond motifs is 1. The van der Waals surface area contributed by atoms with E-state index in [9.17, 15) is 18.8 Å². The molecule has 9 heteroatoms. The molecule has 29 heavy (non-hydrogen) atoms. The number of nitrogens with zero attached hydrogens (tertiary/aromatic N) is 3. The molecule has 0 radical (unpaired) electrons. The topological polar surface area (TPSA) is 81.5 Å². The van der Waals surface area contributed by atoms with Gasteiger partial charge < -0.3 is 4.84 Å². The average Bonchev–Trinajstić information content (AvgIpc) is 3.11. The maximum atomic E-state index is 13.1. The quantitative estimate of drug-likeness (QED) is 0.612. The number of imide groups is 1. The van der Waals surface area contributed by atoms with Gasteiger partial charge in [0, 0.05) is 0 Å². The maximum absolute atomic E-state index is 13.1. The molecule has 2 aromatic carbocycles. The lowest BCUT2D eigenvalue weighted by Crippen LogP contribution is -2.32. The van der Waals surface area contributed by atoms with Crippen LogP contribution < -0.4 is 0 Å². The van der Waals surface area contributed by atoms with E-state index in [0.29, 0.717) is 5.06 Å². The Hall–Kier alpha value is -3.52. The van der Waals surface area contributed by atoms with Crippen LogP contribution in [0, 0.1) is 12.7 Å². The number of amides is 2. The second kappa shape index (κ2) is 7.14. The number of aromatic nitrogens is 2. The Kier molecular flexibility index (Phi) is 4.63. The molecule has 4 rings (SSSR count). The van der Waals surface area contributed by atoms with Crippen molar-refractivity contribution in [2.24, 2.45) is 0 Å². The average molecular weight is 414 g/mol. The molecule has 2 amide bonds. The van der Waals surface area contributed by atoms with Crippen molar-refractivity contribution < 1.29 is 23.6 Å². The van der Waals surface area contributed by atoms with Crippen molar-refractivity contribution in [1.82, 2.24) is 14.8 Å². The molecule has 1 aliphatic rings. The van der Waals surface area contributed by atoms with Gasteiger partial charge in [-0.25, -0.2) is 13.9 Å². The molecule has 0 aliphatic carbocycles. The minimum atomic E-state index is -0.979. The molecule has 0 bridgehead atoms. The summed E-state index contributed by atoms with van der Waals surface area (Å²) in [4.78, 5) is 42.4. The van der Waals surface area contributed by atoms with Crippen LogP contribution >= 0.6 is 11.6 Å². The zero-order valence-corrected chi connectivity index (χ0v) is 15.8. The van der Waals surface area contributed by atoms with E-state index in [4.69, 9.17) is 16.4 Å². The Morgan fingerprint density at radius 2 is 1.66 bits per heavy atom. The first-order valence-corrected chi connectivity index (χ1v) is 8.92. The van der Waals surface area contributed by atoms with Crippen LogP contribution in [0.1, 0.15) is 42.3 Å². The van der Waals surface area contributed by atoms with Crippen molar-refractivity contribution in [2.45, 2.75) is 13.5 Å². The summed E-state index contributed by atoms with van der Waals surface area (Å²) in [6.45, 7) is 1.74. The van der Waals surface area contributed by atoms with E-state index in [1.165, 1.54) is 28.9 Å². The van der Waals surface area contributed by atoms with Gasteiger partial charge in [0.2, 0.25) is 0 Å². The molecule has 0 unspecified atom stereocenters. The highest BCUT2D eigenvalue weighted by Crippen LogP contribution is 2.26. The third kappa shape index (κ3) is 3.27. The van der Waals surface area contributed by atoms with Gasteiger partial charge in [-0.2, -0.15) is 5.10 Å². The largest absolute Gasteiger partial charge is 0.368 e. The van der Waals surface area contributed by atoms with Crippen LogP contribution in [0.3, 0.4) is 0 Å². The van der Waals surface area contributed by atoms with E-state index < -0.39 is 17.8 Å². The van der Waals surface area contributed by atoms with Gasteiger partial charge in [-0.15, -0.1) is 0 Å². The summed E-state index contributed by atoms with van der Waals surface area (Å²) >= 11 is 6.29. The summed E-state index contributed by atoms with van der Waals surface area (Å²) in [5.74, 6) is -2.81. The molecule has 0 atom stereocenters. The molecule has 146 valence electrons. The number of halogens is 2. The first-order valence-electron chi connectivity index (χ1n) is 8.54. The molecule has 0 spiro atoms. The van der Waals surface area contributed by atoms with Gasteiger partial charge in [-0.05, 0) is 36.8 Å². The molecule has 2 heterocycles. The highest BCUT2D eigenvalue weighted by atomic mass is 35.5. The molecule has 0 fully saturated rings. The zero-order chi connectivity index (χ0) is 20.7. The number of hydrogen-bond acceptors (Lipinski definition) is 5. The van der Waals surface area contributed by atoms with Crippen LogP contribution in [-0.4, -0.2) is 32.6 Å². The van der Waals surface area contributed by atoms with Crippen LogP contribution in [0.15, 0.2) is 48.5 Å². The number of hydrogen-bond donors (Lipinski definition) is 0. The third-order valence-corrected chi connectivity index (χ3v) is 4.83. The van der Waals surface area contributed by atoms with E-state index >= 15 is 0 Å². The second-order valence-electron chi connectivity index (χ2n) is 6.36. The molecular formula is C20H13ClFN3O4. The van der Waals surface area contributed by atoms with Crippen LogP contribution in [0.25, 0.3) is 0 Å². The van der Waals surface area contributed by atoms with E-state index in [1.54, 1.807) is 31.2 Å². The van der Waals surface area contributed by atoms with Gasteiger partial charge >= 0.3 is 5.97 Å². The standard InChI is InChI=1S/C20H13ClFN3O4/c1-11-16(17(21)24(23-11)10-12-6-8-13(22)9-7-12)20(28)29-25-18(26)14-4-2-3-5-15(14)19(25)27/h2-9H,10H2,1H3. The van der Waals surface area contributed by atoms with Crippen molar-refractivity contribution in [3.63, 3.8) is 0 Å². The molecule has 3 aromatic rings. The minimum Gasteiger partial charge on any atom is -0.324 e. The normalized spacial score (nSPS) is 13.0. The van der Waals surface area contributed by atoms with E-state index in [0.717, 1.165) is 5.56 Å². The first-order chi connectivity index (χ1) is 13.9. The van der Waals surface area contributed by atoms with Crippen LogP contribution in [0.2, 0.25) is 5.15 Å². The Balaban J connectivity index is 1.57. The summed E-state index contributed by atoms with van der Waals surface area (Å²) < 4.78 is 14.4. The van der Waals surface area contributed by atoms with Gasteiger partial charge in [-0.3, -0.25) is 9.59 Å². The van der Waals surface area contributed by atoms with Crippen molar-refractivity contribution >= 4 is 29.4 Å². The fraction of sp³-hybridized carbons (Fsp3) is 0.100. The Bertz CT molecular complexity index is 1120. The number of rotatable bonds is 4. The summed E-state index contributed by atoms with van der Waals surface area (Å²) in [6, 6.07) is 11.9. The Morgan fingerprint density at radius 3 is 2.24 bits per heavy atom. The van der Waals surface area contributed by atoms with E-state index in [-0.39, 0.29) is 39.9 Å². The number of carbonyl (C=O) groups is 3. The maximum Gasteiger partial charge on any atom is 0.368 e. The number of benzene rings is 2. The van der Waals surface area contributed by atoms with E-state index in [2.05, 4.69) is 5.10 Å². The van der Waals surface area contributed by atoms with Crippen molar-refractivity contribution in [3.05, 3.63) is 87.4 Å². The summed E-state index contributed by atoms with van der Waals surface area (Å²) in [5, 5.41) is 4.60. The van der Waals surface area contributed by atoms with Crippen molar-refractivity contribution in [1.29, 1.82) is 0 Å². The predicted molar refractivity (Wildman–Crippen MR) is 99.8 cm³/mol. The lowest BCUT2D eigenvalue weighted by atomic mass is 10.1. The van der Waals surface area contributed by atoms with E-state index in [1.807, 2.05) is 0 Å². The molecule has 0 N–H and O–H groups in total. The minimum absolute atomic E-state index is 0.0200. The van der Waals surface area contributed by atoms with Gasteiger partial charge in [-0.1, -0.05) is 40.9 Å². The fourth-order valence-electron chi connectivity index (χ4n) is 3.03. The number of carbonyl (C=O) groups excluding carboxylic acids is 3. The Morgan fingerprint density at radius 1 is 1.07 bits per heavy atom. The first kappa shape index (κ1) is 18.8. The number of aryl methyl sites for hydroxylation is 1. The molecular weight excluding hydrogens is 401 g/mol. The fourth-order valence-corrected chi connectivity index (χ4v) is 3.34. The third-order valence-electron chi connectivity index (χ3n) is 4.45. The molecule has 0 saturated carbocycles. The zero-order valence-electron chi connectivity index (χ0n) is 15.1. The smallest absolute Gasteiger partial charge is 0.324 e. The van der Waals surface area contributed by atoms with Crippen LogP contribution in [0.4, 0.5) is 4.39 Å². The monoisotopic (exact) mass is 413 g/mol. The Labute approximate surface area is 169 Å². The molecule has 1 aromatic heterocycles. The summed E-state index contributed by atoms with van der Waals surface area (Å²) in [6.07, 6.45) is 0. The van der Waals surface area contributed by atoms with Gasteiger partial charge in [0.15, 0.2) is 0 Å². The summed E-state index contributed by atoms with van der Waals surface area (Å²) in [7, 11) is 0. The molecule has 7 nitrogen and oxygen atoms in total. The molecule has 1 aliphatic heterocycles. The van der Waals surface area contributed by atoms with Crippen molar-refractivity contribution in [2.75, 3.05) is 0 Å². The van der Waals surface area contributed by atoms with Crippen molar-refractivity contribution in [3.8, 4) is 0 Å². The highest BCUT2D eigenvalue weighted by molar-refractivity contribution is 6.33. The lowest BCUT2D eigenvalue weighted by Gasteiger charge is -2.12. The predicted octanol–water partition coefficient (Wildman–Crippen LogP) is 3.40. The second-order valence-corrected chi connectivity index (χ2v) is 6.72. The van der Waals surface area contributed by atoms with Crippen LogP contribution in [-0.2, 0) is 11.4 Å². The lowest BCUT2D eigenvalue weighted by molar-refractivity contribution is -0.0585. The van der Waals surface area contributed by atoms with Crippen LogP contribution in [0.5, 0.6) is 0 Å².